The highest BCUT2D eigenvalue weighted by molar-refractivity contribution is 6.40. The summed E-state index contributed by atoms with van der Waals surface area (Å²) in [7, 11) is 0. The van der Waals surface area contributed by atoms with Crippen LogP contribution in [0.3, 0.4) is 0 Å². The normalized spacial score (nSPS) is 14.4. The largest absolute Gasteiger partial charge is 0.460 e. The molecule has 1 rings (SSSR count). The van der Waals surface area contributed by atoms with Crippen LogP contribution in [0.5, 0.6) is 0 Å². The number of Topliss-reactive ketones (excluding diaryl/α,β-unsaturated/α-hetero) is 1. The summed E-state index contributed by atoms with van der Waals surface area (Å²) in [6, 6.07) is 0. The zero-order chi connectivity index (χ0) is 9.68. The summed E-state index contributed by atoms with van der Waals surface area (Å²) in [5.41, 5.74) is 0.181. The predicted octanol–water partition coefficient (Wildman–Crippen LogP) is -0.366. The molecule has 0 unspecified atom stereocenters. The standard InChI is InChI=1S/C8H10N2O3/c1-2-13-8(12)7(11)6-5-9-3-4-10-6/h3,5,10H,2,4H2,1H3. The lowest BCUT2D eigenvalue weighted by Crippen LogP contribution is -2.30. The molecule has 70 valence electrons. The van der Waals surface area contributed by atoms with E-state index in [0.29, 0.717) is 6.54 Å². The molecule has 13 heavy (non-hydrogen) atoms. The van der Waals surface area contributed by atoms with E-state index >= 15 is 0 Å². The Morgan fingerprint density at radius 2 is 2.46 bits per heavy atom. The van der Waals surface area contributed by atoms with Gasteiger partial charge in [0.25, 0.3) is 5.78 Å². The van der Waals surface area contributed by atoms with Crippen molar-refractivity contribution in [2.24, 2.45) is 4.99 Å². The van der Waals surface area contributed by atoms with Crippen LogP contribution in [0.4, 0.5) is 0 Å². The van der Waals surface area contributed by atoms with Crippen LogP contribution in [0, 0.1) is 0 Å². The molecule has 0 bridgehead atoms. The Balaban J connectivity index is 2.61. The maximum Gasteiger partial charge on any atom is 0.381 e. The molecule has 0 saturated heterocycles. The van der Waals surface area contributed by atoms with E-state index in [-0.39, 0.29) is 12.3 Å². The van der Waals surface area contributed by atoms with Crippen molar-refractivity contribution in [3.63, 3.8) is 0 Å². The first kappa shape index (κ1) is 9.44. The van der Waals surface area contributed by atoms with Crippen LogP contribution in [-0.2, 0) is 14.3 Å². The van der Waals surface area contributed by atoms with Gasteiger partial charge in [-0.3, -0.25) is 9.79 Å². The fourth-order valence-corrected chi connectivity index (χ4v) is 0.827. The minimum absolute atomic E-state index is 0.181. The molecular weight excluding hydrogens is 172 g/mol. The van der Waals surface area contributed by atoms with E-state index in [4.69, 9.17) is 0 Å². The Morgan fingerprint density at radius 3 is 3.00 bits per heavy atom. The van der Waals surface area contributed by atoms with E-state index in [2.05, 4.69) is 15.0 Å². The SMILES string of the molecule is CCOC(=O)C(=O)C1=CN=CCN1. The number of hydrogen-bond acceptors (Lipinski definition) is 5. The molecule has 0 aromatic carbocycles. The van der Waals surface area contributed by atoms with Crippen molar-refractivity contribution in [2.45, 2.75) is 6.92 Å². The van der Waals surface area contributed by atoms with Crippen LogP contribution in [0.1, 0.15) is 6.92 Å². The van der Waals surface area contributed by atoms with Gasteiger partial charge < -0.3 is 10.1 Å². The summed E-state index contributed by atoms with van der Waals surface area (Å²) in [5, 5.41) is 2.72. The van der Waals surface area contributed by atoms with Crippen LogP contribution in [0.15, 0.2) is 16.9 Å². The van der Waals surface area contributed by atoms with Crippen molar-refractivity contribution < 1.29 is 14.3 Å². The average Bonchev–Trinajstić information content (AvgIpc) is 2.18. The molecule has 1 aliphatic rings. The first-order chi connectivity index (χ1) is 6.25. The second kappa shape index (κ2) is 4.39. The third kappa shape index (κ3) is 2.40. The highest BCUT2D eigenvalue weighted by Gasteiger charge is 2.20. The Bertz CT molecular complexity index is 281. The molecule has 0 aromatic heterocycles. The Hall–Kier alpha value is -1.65. The zero-order valence-corrected chi connectivity index (χ0v) is 7.24. The minimum Gasteiger partial charge on any atom is -0.460 e. The first-order valence-electron chi connectivity index (χ1n) is 3.93. The number of rotatable bonds is 3. The quantitative estimate of drug-likeness (QED) is 0.478. The molecule has 0 fully saturated rings. The van der Waals surface area contributed by atoms with E-state index < -0.39 is 11.8 Å². The minimum atomic E-state index is -0.849. The summed E-state index contributed by atoms with van der Waals surface area (Å²) in [5.74, 6) is -1.53. The van der Waals surface area contributed by atoms with Gasteiger partial charge in [-0.25, -0.2) is 4.79 Å². The lowest BCUT2D eigenvalue weighted by molar-refractivity contribution is -0.151. The summed E-state index contributed by atoms with van der Waals surface area (Å²) >= 11 is 0. The number of aliphatic imine (C=N–C) groups is 1. The molecule has 0 aliphatic carbocycles. The van der Waals surface area contributed by atoms with Crippen LogP contribution < -0.4 is 5.32 Å². The fraction of sp³-hybridized carbons (Fsp3) is 0.375. The van der Waals surface area contributed by atoms with Gasteiger partial charge in [0, 0.05) is 6.21 Å². The summed E-state index contributed by atoms with van der Waals surface area (Å²) in [6.45, 7) is 2.30. The highest BCUT2D eigenvalue weighted by Crippen LogP contribution is 1.97. The molecule has 1 heterocycles. The molecule has 1 aliphatic heterocycles. The number of esters is 1. The molecule has 5 nitrogen and oxygen atoms in total. The van der Waals surface area contributed by atoms with Crippen molar-refractivity contribution in [2.75, 3.05) is 13.2 Å². The molecule has 0 spiro atoms. The molecule has 0 saturated carbocycles. The van der Waals surface area contributed by atoms with Gasteiger partial charge in [0.15, 0.2) is 0 Å². The summed E-state index contributed by atoms with van der Waals surface area (Å²) in [6.07, 6.45) is 2.91. The van der Waals surface area contributed by atoms with E-state index in [9.17, 15) is 9.59 Å². The summed E-state index contributed by atoms with van der Waals surface area (Å²) in [4.78, 5) is 25.9. The van der Waals surface area contributed by atoms with Crippen LogP contribution >= 0.6 is 0 Å². The number of carbonyl (C=O) groups excluding carboxylic acids is 2. The zero-order valence-electron chi connectivity index (χ0n) is 7.24. The molecule has 1 N–H and O–H groups in total. The molecule has 5 heteroatoms. The van der Waals surface area contributed by atoms with E-state index in [1.807, 2.05) is 0 Å². The van der Waals surface area contributed by atoms with Crippen molar-refractivity contribution in [3.05, 3.63) is 11.9 Å². The van der Waals surface area contributed by atoms with Crippen LogP contribution in [0.25, 0.3) is 0 Å². The van der Waals surface area contributed by atoms with E-state index in [1.165, 1.54) is 6.20 Å². The van der Waals surface area contributed by atoms with Gasteiger partial charge in [0.05, 0.1) is 19.4 Å². The van der Waals surface area contributed by atoms with Crippen molar-refractivity contribution in [3.8, 4) is 0 Å². The van der Waals surface area contributed by atoms with E-state index in [1.54, 1.807) is 13.1 Å². The maximum absolute atomic E-state index is 11.2. The topological polar surface area (TPSA) is 67.8 Å². The smallest absolute Gasteiger partial charge is 0.381 e. The first-order valence-corrected chi connectivity index (χ1v) is 3.93. The molecule has 0 radical (unpaired) electrons. The van der Waals surface area contributed by atoms with Gasteiger partial charge >= 0.3 is 5.97 Å². The Morgan fingerprint density at radius 1 is 1.69 bits per heavy atom. The van der Waals surface area contributed by atoms with Gasteiger partial charge in [-0.05, 0) is 6.92 Å². The number of nitrogens with one attached hydrogen (secondary N) is 1. The van der Waals surface area contributed by atoms with Gasteiger partial charge in [-0.1, -0.05) is 0 Å². The number of nitrogens with zero attached hydrogens (tertiary/aromatic N) is 1. The molecular formula is C8H10N2O3. The van der Waals surface area contributed by atoms with Crippen molar-refractivity contribution in [1.29, 1.82) is 0 Å². The highest BCUT2D eigenvalue weighted by atomic mass is 16.5. The van der Waals surface area contributed by atoms with Gasteiger partial charge in [-0.15, -0.1) is 0 Å². The van der Waals surface area contributed by atoms with Crippen molar-refractivity contribution >= 4 is 18.0 Å². The second-order valence-electron chi connectivity index (χ2n) is 2.30. The average molecular weight is 182 g/mol. The van der Waals surface area contributed by atoms with Gasteiger partial charge in [0.1, 0.15) is 5.70 Å². The van der Waals surface area contributed by atoms with Crippen molar-refractivity contribution in [1.82, 2.24) is 5.32 Å². The fourth-order valence-electron chi connectivity index (χ4n) is 0.827. The third-order valence-corrected chi connectivity index (χ3v) is 1.40. The number of hydrogen-bond donors (Lipinski definition) is 1. The van der Waals surface area contributed by atoms with Gasteiger partial charge in [0.2, 0.25) is 0 Å². The monoisotopic (exact) mass is 182 g/mol. The third-order valence-electron chi connectivity index (χ3n) is 1.40. The number of ketones is 1. The summed E-state index contributed by atoms with van der Waals surface area (Å²) < 4.78 is 4.54. The number of ether oxygens (including phenoxy) is 1. The van der Waals surface area contributed by atoms with Gasteiger partial charge in [-0.2, -0.15) is 0 Å². The number of carbonyl (C=O) groups is 2. The molecule has 0 atom stereocenters. The molecule has 0 aromatic rings. The predicted molar refractivity (Wildman–Crippen MR) is 46.2 cm³/mol. The maximum atomic E-state index is 11.2. The second-order valence-corrected chi connectivity index (χ2v) is 2.30. The Labute approximate surface area is 75.5 Å². The van der Waals surface area contributed by atoms with Crippen LogP contribution in [-0.4, -0.2) is 31.1 Å². The van der Waals surface area contributed by atoms with Crippen LogP contribution in [0.2, 0.25) is 0 Å². The Kier molecular flexibility index (Phi) is 3.19. The molecule has 0 amide bonds. The lowest BCUT2D eigenvalue weighted by Gasteiger charge is -2.08. The lowest BCUT2D eigenvalue weighted by atomic mass is 10.3. The van der Waals surface area contributed by atoms with E-state index in [0.717, 1.165) is 0 Å².